The Morgan fingerprint density at radius 1 is 1.14 bits per heavy atom. The van der Waals surface area contributed by atoms with Crippen LogP contribution in [0.15, 0.2) is 0 Å². The molecule has 0 N–H and O–H groups in total. The van der Waals surface area contributed by atoms with E-state index in [-0.39, 0.29) is 120 Å². The quantitative estimate of drug-likeness (QED) is 0.360. The Balaban J connectivity index is -0.0000000150. The van der Waals surface area contributed by atoms with E-state index in [2.05, 4.69) is 0 Å². The van der Waals surface area contributed by atoms with E-state index >= 15 is 0 Å². The molecule has 32 valence electrons. The van der Waals surface area contributed by atoms with Gasteiger partial charge in [0, 0.05) is 17.1 Å². The molecule has 0 aliphatic heterocycles. The van der Waals surface area contributed by atoms with E-state index in [1.54, 1.807) is 0 Å². The van der Waals surface area contributed by atoms with Crippen LogP contribution in [0.4, 0.5) is 4.79 Å². The minimum absolute atomic E-state index is 0. The third-order valence-corrected chi connectivity index (χ3v) is 0. The summed E-state index contributed by atoms with van der Waals surface area (Å²) in [6.45, 7) is 0. The van der Waals surface area contributed by atoms with Crippen molar-refractivity contribution in [1.29, 1.82) is 0 Å². The third-order valence-electron chi connectivity index (χ3n) is 0. The molecule has 0 unspecified atom stereocenters. The monoisotopic (exact) mass is 194 g/mol. The summed E-state index contributed by atoms with van der Waals surface area (Å²) in [5.41, 5.74) is 0. The Morgan fingerprint density at radius 2 is 1.14 bits per heavy atom. The third kappa shape index (κ3) is 48.2. The van der Waals surface area contributed by atoms with Gasteiger partial charge in [-0.3, -0.25) is 0 Å². The number of carbonyl (C=O) groups excluding carboxylic acids is 1. The average molecular weight is 194 g/mol. The minimum Gasteiger partial charge on any atom is -0.652 e. The van der Waals surface area contributed by atoms with Gasteiger partial charge in [0.1, 0.15) is 0 Å². The molecule has 0 spiro atoms. The van der Waals surface area contributed by atoms with Crippen LogP contribution >= 0.6 is 0 Å². The molecule has 3 nitrogen and oxygen atoms in total. The average Bonchev–Trinajstić information content (AvgIpc) is 0.811. The van der Waals surface area contributed by atoms with Gasteiger partial charge in [0.15, 0.2) is 0 Å². The van der Waals surface area contributed by atoms with Crippen LogP contribution in [-0.4, -0.2) is 6.16 Å². The minimum atomic E-state index is -2.33. The molecular weight excluding hydrogens is 194 g/mol. The van der Waals surface area contributed by atoms with E-state index in [9.17, 15) is 0 Å². The van der Waals surface area contributed by atoms with Crippen LogP contribution in [0.25, 0.3) is 0 Å². The summed E-state index contributed by atoms with van der Waals surface area (Å²) in [7, 11) is 0. The summed E-state index contributed by atoms with van der Waals surface area (Å²) in [5.74, 6) is 0. The fourth-order valence-electron chi connectivity index (χ4n) is 0. The van der Waals surface area contributed by atoms with Gasteiger partial charge in [0.05, 0.1) is 0 Å². The maximum absolute atomic E-state index is 8.33. The fraction of sp³-hybridized carbons (Fsp3) is 0. The first-order chi connectivity index (χ1) is 1.73. The number of carboxylic acid groups (broad SMARTS) is 2. The normalized spacial score (nSPS) is 3.43. The molecule has 0 rings (SSSR count). The molecule has 6 heteroatoms. The molecule has 0 bridgehead atoms. The van der Waals surface area contributed by atoms with Gasteiger partial charge in [-0.05, 0) is 6.16 Å². The van der Waals surface area contributed by atoms with Crippen LogP contribution < -0.4 is 113 Å². The van der Waals surface area contributed by atoms with Gasteiger partial charge in [0.2, 0.25) is 0 Å². The molecule has 0 saturated carbocycles. The number of hydrogen-bond donors (Lipinski definition) is 0. The Bertz CT molecular complexity index is 35.9. The van der Waals surface area contributed by atoms with Gasteiger partial charge in [-0.25, -0.2) is 0 Å². The van der Waals surface area contributed by atoms with E-state index in [0.717, 1.165) is 0 Å². The molecule has 0 aromatic heterocycles. The Labute approximate surface area is 137 Å². The van der Waals surface area contributed by atoms with Crippen LogP contribution in [0, 0.1) is 0 Å². The van der Waals surface area contributed by atoms with E-state index in [1.807, 2.05) is 0 Å². The fourth-order valence-corrected chi connectivity index (χ4v) is 0. The van der Waals surface area contributed by atoms with E-state index in [4.69, 9.17) is 15.0 Å². The molecule has 0 atom stereocenters. The van der Waals surface area contributed by atoms with E-state index in [1.165, 1.54) is 0 Å². The van der Waals surface area contributed by atoms with Crippen LogP contribution in [0.2, 0.25) is 0 Å². The molecule has 0 aromatic rings. The zero-order valence-electron chi connectivity index (χ0n) is 4.08. The van der Waals surface area contributed by atoms with Crippen LogP contribution in [0.3, 0.4) is 0 Å². The van der Waals surface area contributed by atoms with Crippen molar-refractivity contribution >= 4 is 6.16 Å². The predicted molar refractivity (Wildman–Crippen MR) is 5.40 cm³/mol. The van der Waals surface area contributed by atoms with Crippen LogP contribution in [0.1, 0.15) is 0 Å². The van der Waals surface area contributed by atoms with Crippen molar-refractivity contribution in [3.05, 3.63) is 0 Å². The summed E-state index contributed by atoms with van der Waals surface area (Å²) in [6, 6.07) is 0. The molecule has 0 amide bonds. The van der Waals surface area contributed by atoms with Crippen molar-refractivity contribution < 1.29 is 135 Å². The predicted octanol–water partition coefficient (Wildman–Crippen LogP) is -8.44. The summed E-state index contributed by atoms with van der Waals surface area (Å²) in [6.07, 6.45) is -2.33. The van der Waals surface area contributed by atoms with Crippen molar-refractivity contribution in [2.24, 2.45) is 0 Å². The molecule has 0 fully saturated rings. The first-order valence-corrected chi connectivity index (χ1v) is 0.612. The van der Waals surface area contributed by atoms with Gasteiger partial charge in [-0.1, -0.05) is 0 Å². The second-order valence-electron chi connectivity index (χ2n) is 0.250. The van der Waals surface area contributed by atoms with E-state index in [0.29, 0.717) is 0 Å². The van der Waals surface area contributed by atoms with Gasteiger partial charge in [-0.2, -0.15) is 0 Å². The SMILES string of the molecule is O=C([O-])[O-].[Fe].[K+].[K+]. The molecule has 0 heterocycles. The van der Waals surface area contributed by atoms with Crippen molar-refractivity contribution in [3.8, 4) is 0 Å². The molecular formula is CFeK2O3. The standard InChI is InChI=1S/CH2O3.Fe.2K/c2-1(3)4;;;/h(H2,2,3,4);;;/q;;2*+1/p-2. The molecule has 0 radical (unpaired) electrons. The Morgan fingerprint density at radius 3 is 1.14 bits per heavy atom. The van der Waals surface area contributed by atoms with Crippen molar-refractivity contribution in [2.75, 3.05) is 0 Å². The zero-order chi connectivity index (χ0) is 3.58. The largest absolute Gasteiger partial charge is 1.00 e. The van der Waals surface area contributed by atoms with Gasteiger partial charge >= 0.3 is 103 Å². The first kappa shape index (κ1) is 22.5. The van der Waals surface area contributed by atoms with Gasteiger partial charge in [-0.15, -0.1) is 0 Å². The summed E-state index contributed by atoms with van der Waals surface area (Å²) < 4.78 is 0. The Hall–Kier alpha value is 3.06. The number of carbonyl (C=O) groups is 1. The van der Waals surface area contributed by atoms with Crippen LogP contribution in [-0.2, 0) is 17.1 Å². The molecule has 0 saturated heterocycles. The molecule has 0 aliphatic carbocycles. The summed E-state index contributed by atoms with van der Waals surface area (Å²) in [5, 5.41) is 16.7. The molecule has 7 heavy (non-hydrogen) atoms. The topological polar surface area (TPSA) is 63.2 Å². The van der Waals surface area contributed by atoms with E-state index < -0.39 is 6.16 Å². The van der Waals surface area contributed by atoms with Crippen LogP contribution in [0.5, 0.6) is 0 Å². The summed E-state index contributed by atoms with van der Waals surface area (Å²) >= 11 is 0. The number of hydrogen-bond acceptors (Lipinski definition) is 3. The van der Waals surface area contributed by atoms with Gasteiger partial charge in [0.25, 0.3) is 0 Å². The molecule has 0 aromatic carbocycles. The summed E-state index contributed by atoms with van der Waals surface area (Å²) in [4.78, 5) is 8.33. The van der Waals surface area contributed by atoms with Crippen molar-refractivity contribution in [2.45, 2.75) is 0 Å². The maximum atomic E-state index is 8.33. The first-order valence-electron chi connectivity index (χ1n) is 0.612. The van der Waals surface area contributed by atoms with Crippen molar-refractivity contribution in [1.82, 2.24) is 0 Å². The second kappa shape index (κ2) is 16.0. The smallest absolute Gasteiger partial charge is 0.652 e. The molecule has 0 aliphatic rings. The zero-order valence-corrected chi connectivity index (χ0v) is 11.4. The number of rotatable bonds is 0. The Kier molecular flexibility index (Phi) is 51.5. The maximum Gasteiger partial charge on any atom is 1.00 e. The van der Waals surface area contributed by atoms with Crippen molar-refractivity contribution in [3.63, 3.8) is 0 Å². The second-order valence-corrected chi connectivity index (χ2v) is 0.250. The van der Waals surface area contributed by atoms with Gasteiger partial charge < -0.3 is 15.0 Å².